The monoisotopic (exact) mass is 557 g/mol. The summed E-state index contributed by atoms with van der Waals surface area (Å²) in [5.74, 6) is 0.0129. The first-order valence-electron chi connectivity index (χ1n) is 13.3. The zero-order valence-electron chi connectivity index (χ0n) is 25.2. The fraction of sp³-hybridized carbons (Fsp3) is 0.375. The van der Waals surface area contributed by atoms with Gasteiger partial charge < -0.3 is 21.3 Å². The number of hydrogen-bond acceptors (Lipinski definition) is 5. The van der Waals surface area contributed by atoms with Crippen LogP contribution in [0.1, 0.15) is 67.2 Å². The van der Waals surface area contributed by atoms with Crippen LogP contribution in [0, 0.1) is 6.92 Å². The molecule has 2 atom stereocenters. The second-order valence-electron chi connectivity index (χ2n) is 9.56. The normalized spacial score (nSPS) is 12.2. The van der Waals surface area contributed by atoms with Gasteiger partial charge in [0, 0.05) is 5.56 Å². The van der Waals surface area contributed by atoms with Crippen LogP contribution in [0.25, 0.3) is 11.1 Å². The summed E-state index contributed by atoms with van der Waals surface area (Å²) in [6.45, 7) is 4.54. The Kier molecular flexibility index (Phi) is 14.4. The van der Waals surface area contributed by atoms with E-state index in [0.29, 0.717) is 24.3 Å². The number of aryl methyl sites for hydroxylation is 1. The van der Waals surface area contributed by atoms with Gasteiger partial charge in [-0.25, -0.2) is 4.79 Å². The first-order valence-corrected chi connectivity index (χ1v) is 14.7. The molecule has 0 aliphatic carbocycles. The van der Waals surface area contributed by atoms with E-state index in [-0.39, 0.29) is 26.4 Å². The number of carboxylic acid groups (broad SMARTS) is 1. The Morgan fingerprint density at radius 1 is 1.02 bits per heavy atom. The van der Waals surface area contributed by atoms with Crippen LogP contribution in [-0.2, 0) is 16.1 Å². The zero-order chi connectivity index (χ0) is 28.2. The molecule has 8 heteroatoms. The number of ether oxygens (including phenoxy) is 2. The molecule has 6 nitrogen and oxygen atoms in total. The average molecular weight is 558 g/mol. The van der Waals surface area contributed by atoms with Crippen LogP contribution >= 0.6 is 11.8 Å². The number of nitrogens with one attached hydrogen (secondary N) is 1. The minimum absolute atomic E-state index is 0. The Bertz CT molecular complexity index is 1260. The van der Waals surface area contributed by atoms with E-state index >= 15 is 0 Å². The van der Waals surface area contributed by atoms with Crippen LogP contribution in [0.2, 0.25) is 0 Å². The molecule has 0 aliphatic heterocycles. The Labute approximate surface area is 255 Å². The molecule has 0 fully saturated rings. The largest absolute Gasteiger partial charge is 1.00 e. The summed E-state index contributed by atoms with van der Waals surface area (Å²) in [4.78, 5) is 25.1. The molecule has 0 saturated carbocycles. The first kappa shape index (κ1) is 33.5. The zero-order valence-corrected chi connectivity index (χ0v) is 25.1. The molecule has 0 saturated heterocycles. The van der Waals surface area contributed by atoms with E-state index in [9.17, 15) is 14.7 Å². The van der Waals surface area contributed by atoms with E-state index in [1.165, 1.54) is 0 Å². The van der Waals surface area contributed by atoms with Crippen LogP contribution in [-0.4, -0.2) is 42.1 Å². The fourth-order valence-corrected chi connectivity index (χ4v) is 4.95. The number of carbonyl (C=O) groups is 2. The predicted octanol–water partition coefficient (Wildman–Crippen LogP) is 4.17. The maximum absolute atomic E-state index is 13.3. The summed E-state index contributed by atoms with van der Waals surface area (Å²) in [5, 5.41) is 12.4. The molecule has 0 aromatic heterocycles. The van der Waals surface area contributed by atoms with Gasteiger partial charge in [0.25, 0.3) is 5.91 Å². The Morgan fingerprint density at radius 3 is 2.48 bits per heavy atom. The van der Waals surface area contributed by atoms with Crippen LogP contribution in [0.3, 0.4) is 0 Å². The van der Waals surface area contributed by atoms with E-state index in [1.807, 2.05) is 67.8 Å². The molecular formula is C32H40LiNO5S. The molecule has 0 heterocycles. The molecule has 3 aromatic carbocycles. The van der Waals surface area contributed by atoms with Crippen molar-refractivity contribution in [3.63, 3.8) is 0 Å². The SMILES string of the molecule is CCCCC(OCc1ccc(C(=O)NC(CCSC)C(=O)O)c(-c2ccccc2C)c1)c1cccc(OC)c1.[H-].[Li+]. The number of aliphatic carboxylic acids is 1. The molecule has 210 valence electrons. The summed E-state index contributed by atoms with van der Waals surface area (Å²) in [5.41, 5.74) is 5.16. The summed E-state index contributed by atoms with van der Waals surface area (Å²) in [6, 6.07) is 20.6. The number of hydrogen-bond donors (Lipinski definition) is 2. The molecule has 1 amide bonds. The van der Waals surface area contributed by atoms with Crippen molar-refractivity contribution in [3.8, 4) is 16.9 Å². The minimum Gasteiger partial charge on any atom is -1.00 e. The third-order valence-electron chi connectivity index (χ3n) is 6.71. The number of benzene rings is 3. The third-order valence-corrected chi connectivity index (χ3v) is 7.36. The van der Waals surface area contributed by atoms with Gasteiger partial charge in [0.1, 0.15) is 11.8 Å². The van der Waals surface area contributed by atoms with Gasteiger partial charge in [-0.3, -0.25) is 4.79 Å². The van der Waals surface area contributed by atoms with Crippen LogP contribution in [0.15, 0.2) is 66.7 Å². The number of carbonyl (C=O) groups excluding carboxylic acids is 1. The number of rotatable bonds is 15. The van der Waals surface area contributed by atoms with Crippen LogP contribution < -0.4 is 28.9 Å². The maximum atomic E-state index is 13.3. The molecule has 2 N–H and O–H groups in total. The molecule has 40 heavy (non-hydrogen) atoms. The smallest absolute Gasteiger partial charge is 1.00 e. The summed E-state index contributed by atoms with van der Waals surface area (Å²) in [7, 11) is 1.66. The van der Waals surface area contributed by atoms with Gasteiger partial charge >= 0.3 is 24.8 Å². The van der Waals surface area contributed by atoms with E-state index in [2.05, 4.69) is 18.3 Å². The van der Waals surface area contributed by atoms with Gasteiger partial charge in [0.2, 0.25) is 0 Å². The van der Waals surface area contributed by atoms with Gasteiger partial charge in [-0.2, -0.15) is 11.8 Å². The molecule has 0 aliphatic rings. The molecule has 2 unspecified atom stereocenters. The minimum atomic E-state index is -1.03. The first-order chi connectivity index (χ1) is 18.9. The third kappa shape index (κ3) is 9.45. The summed E-state index contributed by atoms with van der Waals surface area (Å²) in [6.07, 6.45) is 5.19. The number of amides is 1. The number of unbranched alkanes of at least 4 members (excludes halogenated alkanes) is 1. The molecule has 0 radical (unpaired) electrons. The predicted molar refractivity (Wildman–Crippen MR) is 160 cm³/mol. The van der Waals surface area contributed by atoms with Crippen LogP contribution in [0.4, 0.5) is 0 Å². The Morgan fingerprint density at radius 2 is 1.80 bits per heavy atom. The molecule has 3 aromatic rings. The van der Waals surface area contributed by atoms with E-state index < -0.39 is 17.9 Å². The van der Waals surface area contributed by atoms with Gasteiger partial charge in [-0.05, 0) is 83.9 Å². The van der Waals surface area contributed by atoms with Crippen molar-refractivity contribution in [2.75, 3.05) is 19.1 Å². The van der Waals surface area contributed by atoms with Gasteiger partial charge in [-0.1, -0.05) is 62.2 Å². The maximum Gasteiger partial charge on any atom is 1.00 e. The molecule has 3 rings (SSSR count). The molecular weight excluding hydrogens is 517 g/mol. The van der Waals surface area contributed by atoms with E-state index in [4.69, 9.17) is 9.47 Å². The fourth-order valence-electron chi connectivity index (χ4n) is 4.48. The van der Waals surface area contributed by atoms with Crippen molar-refractivity contribution < 1.29 is 44.5 Å². The van der Waals surface area contributed by atoms with Crippen molar-refractivity contribution in [3.05, 3.63) is 89.0 Å². The van der Waals surface area contributed by atoms with Crippen molar-refractivity contribution in [1.29, 1.82) is 0 Å². The Balaban J connectivity index is 0.00000420. The van der Waals surface area contributed by atoms with Crippen molar-refractivity contribution >= 4 is 23.6 Å². The summed E-state index contributed by atoms with van der Waals surface area (Å²) < 4.78 is 11.9. The quantitative estimate of drug-likeness (QED) is 0.273. The van der Waals surface area contributed by atoms with Gasteiger partial charge in [-0.15, -0.1) is 0 Å². The topological polar surface area (TPSA) is 84.9 Å². The van der Waals surface area contributed by atoms with E-state index in [1.54, 1.807) is 24.9 Å². The molecule has 0 bridgehead atoms. The number of carboxylic acids is 1. The van der Waals surface area contributed by atoms with Gasteiger partial charge in [0.05, 0.1) is 19.8 Å². The number of thioether (sulfide) groups is 1. The van der Waals surface area contributed by atoms with Crippen molar-refractivity contribution in [1.82, 2.24) is 5.32 Å². The van der Waals surface area contributed by atoms with Crippen molar-refractivity contribution in [2.24, 2.45) is 0 Å². The van der Waals surface area contributed by atoms with Crippen LogP contribution in [0.5, 0.6) is 5.75 Å². The average Bonchev–Trinajstić information content (AvgIpc) is 2.95. The standard InChI is InChI=1S/C32H39NO5S.Li.H/c1-5-6-14-30(24-11-9-12-25(20-24)37-3)38-21-23-15-16-27(28(19-23)26-13-8-7-10-22(26)2)31(34)33-29(32(35)36)17-18-39-4;;/h7-13,15-16,19-20,29-30H,5-6,14,17-18,21H2,1-4H3,(H,33,34)(H,35,36);;/q;+1;-1. The second kappa shape index (κ2) is 17.2. The van der Waals surface area contributed by atoms with Gasteiger partial charge in [0.15, 0.2) is 0 Å². The second-order valence-corrected chi connectivity index (χ2v) is 10.5. The van der Waals surface area contributed by atoms with Crippen molar-refractivity contribution in [2.45, 2.75) is 58.3 Å². The number of methoxy groups -OCH3 is 1. The van der Waals surface area contributed by atoms with E-state index in [0.717, 1.165) is 52.8 Å². The summed E-state index contributed by atoms with van der Waals surface area (Å²) >= 11 is 1.55. The molecule has 0 spiro atoms. The Hall–Kier alpha value is -2.69.